The first kappa shape index (κ1) is 15.2. The molecule has 3 heteroatoms. The highest BCUT2D eigenvalue weighted by atomic mass is 16.5. The highest BCUT2D eigenvalue weighted by Gasteiger charge is 2.15. The van der Waals surface area contributed by atoms with Crippen molar-refractivity contribution in [3.63, 3.8) is 0 Å². The largest absolute Gasteiger partial charge is 0.462 e. The average molecular weight is 253 g/mol. The van der Waals surface area contributed by atoms with E-state index in [2.05, 4.69) is 12.2 Å². The third kappa shape index (κ3) is 6.20. The van der Waals surface area contributed by atoms with Crippen LogP contribution in [0.25, 0.3) is 0 Å². The van der Waals surface area contributed by atoms with E-state index in [1.807, 2.05) is 13.0 Å². The second kappa shape index (κ2) is 9.15. The summed E-state index contributed by atoms with van der Waals surface area (Å²) in [7, 11) is 0. The van der Waals surface area contributed by atoms with Crippen molar-refractivity contribution in [1.82, 2.24) is 5.32 Å². The summed E-state index contributed by atoms with van der Waals surface area (Å²) in [6.45, 7) is 6.73. The molecule has 0 aliphatic carbocycles. The standard InChI is InChI=1S/C15H27NO2/c1-3-4-5-6-7-13(2)15(17)18-12-14-8-10-16-11-9-14/h7,14,16H,3-6,8-12H2,1-2H3. The van der Waals surface area contributed by atoms with Gasteiger partial charge in [-0.1, -0.05) is 25.8 Å². The van der Waals surface area contributed by atoms with E-state index in [-0.39, 0.29) is 5.97 Å². The van der Waals surface area contributed by atoms with Gasteiger partial charge in [-0.15, -0.1) is 0 Å². The van der Waals surface area contributed by atoms with Crippen molar-refractivity contribution in [2.24, 2.45) is 5.92 Å². The van der Waals surface area contributed by atoms with Gasteiger partial charge in [0.15, 0.2) is 0 Å². The number of carbonyl (C=O) groups is 1. The summed E-state index contributed by atoms with van der Waals surface area (Å²) >= 11 is 0. The third-order valence-electron chi connectivity index (χ3n) is 3.49. The van der Waals surface area contributed by atoms with Gasteiger partial charge in [0.1, 0.15) is 0 Å². The molecule has 1 aliphatic heterocycles. The Bertz CT molecular complexity index is 268. The molecule has 0 bridgehead atoms. The zero-order valence-corrected chi connectivity index (χ0v) is 11.8. The van der Waals surface area contributed by atoms with Crippen LogP contribution in [0.1, 0.15) is 52.4 Å². The molecule has 18 heavy (non-hydrogen) atoms. The van der Waals surface area contributed by atoms with E-state index in [0.29, 0.717) is 12.5 Å². The lowest BCUT2D eigenvalue weighted by Crippen LogP contribution is -2.30. The number of esters is 1. The lowest BCUT2D eigenvalue weighted by Gasteiger charge is -2.22. The van der Waals surface area contributed by atoms with Crippen molar-refractivity contribution >= 4 is 5.97 Å². The maximum absolute atomic E-state index is 11.7. The molecule has 1 fully saturated rings. The number of unbranched alkanes of at least 4 members (excludes halogenated alkanes) is 3. The van der Waals surface area contributed by atoms with Gasteiger partial charge in [0, 0.05) is 5.57 Å². The van der Waals surface area contributed by atoms with Crippen molar-refractivity contribution in [3.05, 3.63) is 11.6 Å². The van der Waals surface area contributed by atoms with Crippen LogP contribution < -0.4 is 5.32 Å². The highest BCUT2D eigenvalue weighted by molar-refractivity contribution is 5.87. The Morgan fingerprint density at radius 3 is 2.72 bits per heavy atom. The van der Waals surface area contributed by atoms with E-state index in [0.717, 1.165) is 44.3 Å². The highest BCUT2D eigenvalue weighted by Crippen LogP contribution is 2.13. The smallest absolute Gasteiger partial charge is 0.333 e. The molecule has 1 rings (SSSR count). The number of nitrogens with one attached hydrogen (secondary N) is 1. The Kier molecular flexibility index (Phi) is 7.74. The molecule has 0 aromatic heterocycles. The maximum atomic E-state index is 11.7. The van der Waals surface area contributed by atoms with Crippen LogP contribution in [0.3, 0.4) is 0 Å². The van der Waals surface area contributed by atoms with E-state index in [9.17, 15) is 4.79 Å². The van der Waals surface area contributed by atoms with Gasteiger partial charge < -0.3 is 10.1 Å². The molecule has 0 amide bonds. The lowest BCUT2D eigenvalue weighted by molar-refractivity contribution is -0.140. The molecule has 0 spiro atoms. The number of allylic oxidation sites excluding steroid dienone is 1. The number of ether oxygens (including phenoxy) is 1. The molecule has 1 saturated heterocycles. The summed E-state index contributed by atoms with van der Waals surface area (Å²) < 4.78 is 5.37. The van der Waals surface area contributed by atoms with E-state index < -0.39 is 0 Å². The average Bonchev–Trinajstić information content (AvgIpc) is 2.42. The lowest BCUT2D eigenvalue weighted by atomic mass is 9.99. The summed E-state index contributed by atoms with van der Waals surface area (Å²) in [4.78, 5) is 11.7. The molecule has 0 aromatic carbocycles. The van der Waals surface area contributed by atoms with Crippen molar-refractivity contribution in [3.8, 4) is 0 Å². The first-order valence-electron chi connectivity index (χ1n) is 7.28. The van der Waals surface area contributed by atoms with Crippen LogP contribution in [-0.4, -0.2) is 25.7 Å². The first-order valence-corrected chi connectivity index (χ1v) is 7.28. The van der Waals surface area contributed by atoms with Gasteiger partial charge in [0.05, 0.1) is 6.61 Å². The van der Waals surface area contributed by atoms with E-state index in [1.54, 1.807) is 0 Å². The zero-order chi connectivity index (χ0) is 13.2. The van der Waals surface area contributed by atoms with Crippen LogP contribution in [0.2, 0.25) is 0 Å². The van der Waals surface area contributed by atoms with Crippen LogP contribution >= 0.6 is 0 Å². The van der Waals surface area contributed by atoms with Crippen LogP contribution in [0, 0.1) is 5.92 Å². The molecule has 3 nitrogen and oxygen atoms in total. The number of carbonyl (C=O) groups excluding carboxylic acids is 1. The SMILES string of the molecule is CCCCCC=C(C)C(=O)OCC1CCNCC1. The van der Waals surface area contributed by atoms with Gasteiger partial charge in [-0.3, -0.25) is 0 Å². The molecule has 0 aromatic rings. The Morgan fingerprint density at radius 1 is 1.33 bits per heavy atom. The molecule has 0 atom stereocenters. The van der Waals surface area contributed by atoms with Crippen molar-refractivity contribution in [2.45, 2.75) is 52.4 Å². The van der Waals surface area contributed by atoms with E-state index >= 15 is 0 Å². The molecular formula is C15H27NO2. The Balaban J connectivity index is 2.17. The number of hydrogen-bond donors (Lipinski definition) is 1. The predicted octanol–water partition coefficient (Wildman–Crippen LogP) is 3.06. The second-order valence-corrected chi connectivity index (χ2v) is 5.17. The predicted molar refractivity (Wildman–Crippen MR) is 74.5 cm³/mol. The minimum absolute atomic E-state index is 0.134. The molecule has 1 N–H and O–H groups in total. The van der Waals surface area contributed by atoms with Crippen molar-refractivity contribution in [1.29, 1.82) is 0 Å². The molecule has 104 valence electrons. The minimum Gasteiger partial charge on any atom is -0.462 e. The molecule has 0 radical (unpaired) electrons. The molecule has 1 heterocycles. The van der Waals surface area contributed by atoms with Gasteiger partial charge in [-0.05, 0) is 51.6 Å². The summed E-state index contributed by atoms with van der Waals surface area (Å²) in [5.74, 6) is 0.410. The number of piperidine rings is 1. The van der Waals surface area contributed by atoms with Crippen LogP contribution in [0.15, 0.2) is 11.6 Å². The Hall–Kier alpha value is -0.830. The Morgan fingerprint density at radius 2 is 2.06 bits per heavy atom. The summed E-state index contributed by atoms with van der Waals surface area (Å²) in [6, 6.07) is 0. The van der Waals surface area contributed by atoms with Crippen LogP contribution in [0.4, 0.5) is 0 Å². The van der Waals surface area contributed by atoms with Gasteiger partial charge in [-0.2, -0.15) is 0 Å². The molecular weight excluding hydrogens is 226 g/mol. The third-order valence-corrected chi connectivity index (χ3v) is 3.49. The summed E-state index contributed by atoms with van der Waals surface area (Å²) in [6.07, 6.45) is 8.85. The second-order valence-electron chi connectivity index (χ2n) is 5.17. The summed E-state index contributed by atoms with van der Waals surface area (Å²) in [5, 5.41) is 3.31. The molecule has 0 unspecified atom stereocenters. The first-order chi connectivity index (χ1) is 8.74. The minimum atomic E-state index is -0.134. The molecule has 1 aliphatic rings. The van der Waals surface area contributed by atoms with E-state index in [1.165, 1.54) is 12.8 Å². The van der Waals surface area contributed by atoms with Gasteiger partial charge in [0.2, 0.25) is 0 Å². The van der Waals surface area contributed by atoms with Gasteiger partial charge in [-0.25, -0.2) is 4.79 Å². The fourth-order valence-electron chi connectivity index (χ4n) is 2.15. The fraction of sp³-hybridized carbons (Fsp3) is 0.800. The topological polar surface area (TPSA) is 38.3 Å². The zero-order valence-electron chi connectivity index (χ0n) is 11.8. The fourth-order valence-corrected chi connectivity index (χ4v) is 2.15. The van der Waals surface area contributed by atoms with Crippen molar-refractivity contribution < 1.29 is 9.53 Å². The van der Waals surface area contributed by atoms with Crippen LogP contribution in [-0.2, 0) is 9.53 Å². The normalized spacial score (nSPS) is 17.8. The Labute approximate surface area is 111 Å². The molecule has 0 saturated carbocycles. The van der Waals surface area contributed by atoms with Crippen molar-refractivity contribution in [2.75, 3.05) is 19.7 Å². The quantitative estimate of drug-likeness (QED) is 0.430. The monoisotopic (exact) mass is 253 g/mol. The van der Waals surface area contributed by atoms with Crippen LogP contribution in [0.5, 0.6) is 0 Å². The summed E-state index contributed by atoms with van der Waals surface area (Å²) in [5.41, 5.74) is 0.764. The maximum Gasteiger partial charge on any atom is 0.333 e. The van der Waals surface area contributed by atoms with E-state index in [4.69, 9.17) is 4.74 Å². The van der Waals surface area contributed by atoms with Gasteiger partial charge >= 0.3 is 5.97 Å². The van der Waals surface area contributed by atoms with Gasteiger partial charge in [0.25, 0.3) is 0 Å². The number of hydrogen-bond acceptors (Lipinski definition) is 3. The number of rotatable bonds is 7.